The maximum absolute atomic E-state index is 10.8. The lowest BCUT2D eigenvalue weighted by Crippen LogP contribution is -2.29. The van der Waals surface area contributed by atoms with Gasteiger partial charge in [-0.15, -0.1) is 6.58 Å². The van der Waals surface area contributed by atoms with Crippen LogP contribution in [0.3, 0.4) is 0 Å². The number of rotatable bonds is 4. The van der Waals surface area contributed by atoms with Crippen molar-refractivity contribution in [3.8, 4) is 0 Å². The Morgan fingerprint density at radius 2 is 1.83 bits per heavy atom. The number of carbonyl (C=O) groups is 1. The topological polar surface area (TPSA) is 37.3 Å². The molecule has 1 N–H and O–H groups in total. The summed E-state index contributed by atoms with van der Waals surface area (Å²) in [6.07, 6.45) is 2.41. The van der Waals surface area contributed by atoms with Gasteiger partial charge in [-0.2, -0.15) is 0 Å². The average Bonchev–Trinajstić information content (AvgIpc) is 1.85. The third-order valence-electron chi connectivity index (χ3n) is 2.03. The molecule has 0 saturated heterocycles. The van der Waals surface area contributed by atoms with Gasteiger partial charge in [-0.1, -0.05) is 19.9 Å². The van der Waals surface area contributed by atoms with Crippen LogP contribution in [0.25, 0.3) is 0 Å². The number of hydrogen-bond acceptors (Lipinski definition) is 1. The Balaban J connectivity index is 4.44. The van der Waals surface area contributed by atoms with Crippen LogP contribution in [0.2, 0.25) is 0 Å². The van der Waals surface area contributed by atoms with Gasteiger partial charge >= 0.3 is 5.97 Å². The summed E-state index contributed by atoms with van der Waals surface area (Å²) in [6, 6.07) is 0. The Kier molecular flexibility index (Phi) is 3.08. The largest absolute Gasteiger partial charge is 0.481 e. The minimum Gasteiger partial charge on any atom is -0.481 e. The van der Waals surface area contributed by atoms with Crippen LogP contribution in [-0.4, -0.2) is 11.1 Å². The summed E-state index contributed by atoms with van der Waals surface area (Å²) < 4.78 is 0. The molecule has 0 amide bonds. The lowest BCUT2D eigenvalue weighted by Gasteiger charge is -2.29. The van der Waals surface area contributed by atoms with Crippen molar-refractivity contribution in [1.29, 1.82) is 0 Å². The zero-order chi connectivity index (χ0) is 9.99. The van der Waals surface area contributed by atoms with E-state index in [2.05, 4.69) is 6.58 Å². The van der Waals surface area contributed by atoms with E-state index in [-0.39, 0.29) is 5.41 Å². The summed E-state index contributed by atoms with van der Waals surface area (Å²) in [7, 11) is 0. The van der Waals surface area contributed by atoms with E-state index < -0.39 is 11.4 Å². The van der Waals surface area contributed by atoms with Crippen molar-refractivity contribution in [2.45, 2.75) is 34.1 Å². The molecule has 0 fully saturated rings. The molecule has 0 saturated carbocycles. The van der Waals surface area contributed by atoms with E-state index in [0.717, 1.165) is 0 Å². The van der Waals surface area contributed by atoms with Gasteiger partial charge in [0.2, 0.25) is 0 Å². The molecule has 0 aliphatic carbocycles. The van der Waals surface area contributed by atoms with E-state index in [1.165, 1.54) is 0 Å². The molecule has 0 aliphatic rings. The first kappa shape index (κ1) is 11.2. The molecule has 12 heavy (non-hydrogen) atoms. The fourth-order valence-corrected chi connectivity index (χ4v) is 1.29. The number of carboxylic acid groups (broad SMARTS) is 1. The Hall–Kier alpha value is -0.790. The molecule has 0 aromatic carbocycles. The van der Waals surface area contributed by atoms with Crippen molar-refractivity contribution >= 4 is 5.97 Å². The maximum atomic E-state index is 10.8. The molecule has 0 aromatic rings. The smallest absolute Gasteiger partial charge is 0.309 e. The van der Waals surface area contributed by atoms with Crippen LogP contribution in [0.5, 0.6) is 0 Å². The second-order valence-corrected chi connectivity index (χ2v) is 4.56. The first-order valence-corrected chi connectivity index (χ1v) is 4.08. The molecule has 2 heteroatoms. The SMILES string of the molecule is C=CC(C)(C)CC(C)(C)C(=O)O. The Morgan fingerprint density at radius 1 is 1.42 bits per heavy atom. The summed E-state index contributed by atoms with van der Waals surface area (Å²) in [5.41, 5.74) is -0.778. The van der Waals surface area contributed by atoms with Crippen LogP contribution in [-0.2, 0) is 4.79 Å². The average molecular weight is 170 g/mol. The fraction of sp³-hybridized carbons (Fsp3) is 0.700. The van der Waals surface area contributed by atoms with Gasteiger partial charge in [0.25, 0.3) is 0 Å². The van der Waals surface area contributed by atoms with Crippen LogP contribution in [0, 0.1) is 10.8 Å². The zero-order valence-electron chi connectivity index (χ0n) is 8.35. The van der Waals surface area contributed by atoms with Crippen LogP contribution < -0.4 is 0 Å². The molecular formula is C10H18O2. The molecule has 0 aliphatic heterocycles. The molecule has 0 atom stereocenters. The van der Waals surface area contributed by atoms with Gasteiger partial charge in [0, 0.05) is 0 Å². The van der Waals surface area contributed by atoms with E-state index >= 15 is 0 Å². The molecule has 0 aromatic heterocycles. The van der Waals surface area contributed by atoms with Crippen molar-refractivity contribution in [3.05, 3.63) is 12.7 Å². The molecule has 2 nitrogen and oxygen atoms in total. The fourth-order valence-electron chi connectivity index (χ4n) is 1.29. The highest BCUT2D eigenvalue weighted by Crippen LogP contribution is 2.34. The maximum Gasteiger partial charge on any atom is 0.309 e. The standard InChI is InChI=1S/C10H18O2/c1-6-9(2,3)7-10(4,5)8(11)12/h6H,1,7H2,2-5H3,(H,11,12). The van der Waals surface area contributed by atoms with Crippen LogP contribution >= 0.6 is 0 Å². The van der Waals surface area contributed by atoms with Crippen molar-refractivity contribution < 1.29 is 9.90 Å². The Labute approximate surface area is 74.3 Å². The van der Waals surface area contributed by atoms with Gasteiger partial charge in [0.05, 0.1) is 5.41 Å². The van der Waals surface area contributed by atoms with E-state index in [4.69, 9.17) is 5.11 Å². The van der Waals surface area contributed by atoms with Gasteiger partial charge in [0.1, 0.15) is 0 Å². The lowest BCUT2D eigenvalue weighted by atomic mass is 9.75. The predicted molar refractivity (Wildman–Crippen MR) is 50.0 cm³/mol. The van der Waals surface area contributed by atoms with E-state index in [0.29, 0.717) is 6.42 Å². The molecule has 0 heterocycles. The van der Waals surface area contributed by atoms with Crippen LogP contribution in [0.1, 0.15) is 34.1 Å². The predicted octanol–water partition coefficient (Wildman–Crippen LogP) is 2.70. The molecule has 0 spiro atoms. The van der Waals surface area contributed by atoms with Crippen molar-refractivity contribution in [2.75, 3.05) is 0 Å². The van der Waals surface area contributed by atoms with Gasteiger partial charge in [-0.25, -0.2) is 0 Å². The number of carboxylic acids is 1. The summed E-state index contributed by atoms with van der Waals surface area (Å²) in [6.45, 7) is 11.1. The van der Waals surface area contributed by atoms with Gasteiger partial charge < -0.3 is 5.11 Å². The third kappa shape index (κ3) is 3.07. The lowest BCUT2D eigenvalue weighted by molar-refractivity contribution is -0.148. The van der Waals surface area contributed by atoms with E-state index in [9.17, 15) is 4.79 Å². The van der Waals surface area contributed by atoms with Crippen LogP contribution in [0.15, 0.2) is 12.7 Å². The molecule has 0 radical (unpaired) electrons. The quantitative estimate of drug-likeness (QED) is 0.659. The van der Waals surface area contributed by atoms with Crippen molar-refractivity contribution in [2.24, 2.45) is 10.8 Å². The zero-order valence-corrected chi connectivity index (χ0v) is 8.35. The highest BCUT2D eigenvalue weighted by atomic mass is 16.4. The highest BCUT2D eigenvalue weighted by Gasteiger charge is 2.32. The number of aliphatic carboxylic acids is 1. The summed E-state index contributed by atoms with van der Waals surface area (Å²) >= 11 is 0. The van der Waals surface area contributed by atoms with E-state index in [1.807, 2.05) is 13.8 Å². The first-order valence-electron chi connectivity index (χ1n) is 4.08. The number of hydrogen-bond donors (Lipinski definition) is 1. The molecule has 0 bridgehead atoms. The first-order chi connectivity index (χ1) is 5.21. The summed E-state index contributed by atoms with van der Waals surface area (Å²) in [5, 5.41) is 8.87. The Bertz CT molecular complexity index is 190. The summed E-state index contributed by atoms with van der Waals surface area (Å²) in [4.78, 5) is 10.8. The van der Waals surface area contributed by atoms with Crippen LogP contribution in [0.4, 0.5) is 0 Å². The van der Waals surface area contributed by atoms with Gasteiger partial charge in [-0.3, -0.25) is 4.79 Å². The molecule has 0 rings (SSSR count). The van der Waals surface area contributed by atoms with Gasteiger partial charge in [0.15, 0.2) is 0 Å². The minimum atomic E-state index is -0.752. The van der Waals surface area contributed by atoms with E-state index in [1.54, 1.807) is 19.9 Å². The molecule has 0 unspecified atom stereocenters. The monoisotopic (exact) mass is 170 g/mol. The molecule has 70 valence electrons. The second kappa shape index (κ2) is 3.30. The highest BCUT2D eigenvalue weighted by molar-refractivity contribution is 5.73. The van der Waals surface area contributed by atoms with Gasteiger partial charge in [-0.05, 0) is 25.7 Å². The Morgan fingerprint density at radius 3 is 2.08 bits per heavy atom. The molecular weight excluding hydrogens is 152 g/mol. The van der Waals surface area contributed by atoms with Crippen molar-refractivity contribution in [3.63, 3.8) is 0 Å². The second-order valence-electron chi connectivity index (χ2n) is 4.56. The normalized spacial score (nSPS) is 12.7. The number of allylic oxidation sites excluding steroid dienone is 1. The van der Waals surface area contributed by atoms with Crippen molar-refractivity contribution in [1.82, 2.24) is 0 Å². The summed E-state index contributed by atoms with van der Waals surface area (Å²) in [5.74, 6) is -0.752. The minimum absolute atomic E-state index is 0.109. The third-order valence-corrected chi connectivity index (χ3v) is 2.03.